The van der Waals surface area contributed by atoms with E-state index < -0.39 is 0 Å². The largest absolute Gasteiger partial charge is 0.309 e. The molecule has 2 aromatic heterocycles. The number of hydrogen-bond donors (Lipinski definition) is 0. The van der Waals surface area contributed by atoms with Crippen molar-refractivity contribution in [2.75, 3.05) is 0 Å². The van der Waals surface area contributed by atoms with Crippen molar-refractivity contribution in [1.82, 2.24) is 9.13 Å². The van der Waals surface area contributed by atoms with Crippen LogP contribution in [0.4, 0.5) is 0 Å². The summed E-state index contributed by atoms with van der Waals surface area (Å²) in [5, 5.41) is 10.3. The first kappa shape index (κ1) is 32.8. The van der Waals surface area contributed by atoms with Gasteiger partial charge in [-0.25, -0.2) is 0 Å². The lowest BCUT2D eigenvalue weighted by atomic mass is 9.97. The summed E-state index contributed by atoms with van der Waals surface area (Å²) in [7, 11) is 0. The molecule has 0 spiro atoms. The number of para-hydroxylation sites is 2. The van der Waals surface area contributed by atoms with Crippen LogP contribution in [-0.4, -0.2) is 9.13 Å². The zero-order valence-electron chi connectivity index (χ0n) is 31.9. The van der Waals surface area contributed by atoms with Crippen molar-refractivity contribution in [1.29, 1.82) is 0 Å². The third-order valence-corrected chi connectivity index (χ3v) is 12.4. The Morgan fingerprint density at radius 1 is 0.310 bits per heavy atom. The number of aromatic nitrogens is 2. The highest BCUT2D eigenvalue weighted by molar-refractivity contribution is 6.12. The summed E-state index contributed by atoms with van der Waals surface area (Å²) in [5.74, 6) is 0. The summed E-state index contributed by atoms with van der Waals surface area (Å²) in [5.41, 5.74) is 14.6. The first-order valence-electron chi connectivity index (χ1n) is 20.3. The molecule has 0 aliphatic heterocycles. The van der Waals surface area contributed by atoms with Crippen LogP contribution in [0.2, 0.25) is 0 Å². The Balaban J connectivity index is 0.933. The van der Waals surface area contributed by atoms with Gasteiger partial charge < -0.3 is 9.13 Å². The summed E-state index contributed by atoms with van der Waals surface area (Å²) in [6.45, 7) is 0. The molecule has 2 heterocycles. The summed E-state index contributed by atoms with van der Waals surface area (Å²) in [6, 6.07) is 71.6. The Kier molecular flexibility index (Phi) is 7.39. The molecule has 0 amide bonds. The fraction of sp³-hybridized carbons (Fsp3) is 0.0357. The van der Waals surface area contributed by atoms with Crippen LogP contribution in [0.25, 0.3) is 111 Å². The molecule has 58 heavy (non-hydrogen) atoms. The highest BCUT2D eigenvalue weighted by Crippen LogP contribution is 2.38. The van der Waals surface area contributed by atoms with Crippen LogP contribution in [-0.2, 0) is 0 Å². The van der Waals surface area contributed by atoms with Crippen molar-refractivity contribution in [3.63, 3.8) is 0 Å². The molecule has 1 aliphatic carbocycles. The maximum Gasteiger partial charge on any atom is 0.0547 e. The first-order chi connectivity index (χ1) is 28.8. The number of benzene rings is 9. The zero-order valence-corrected chi connectivity index (χ0v) is 31.9. The van der Waals surface area contributed by atoms with E-state index in [4.69, 9.17) is 0 Å². The Morgan fingerprint density at radius 3 is 1.41 bits per heavy atom. The number of rotatable bonds is 5. The predicted octanol–water partition coefficient (Wildman–Crippen LogP) is 13.4. The summed E-state index contributed by atoms with van der Waals surface area (Å²) >= 11 is 0. The van der Waals surface area contributed by atoms with Crippen molar-refractivity contribution in [2.45, 2.75) is 12.8 Å². The number of nitrogens with zero attached hydrogens (tertiary/aromatic N) is 2. The molecular weight excluding hydrogens is 701 g/mol. The normalized spacial score (nSPS) is 12.6. The minimum atomic E-state index is 1.09. The molecule has 0 unspecified atom stereocenters. The van der Waals surface area contributed by atoms with Crippen molar-refractivity contribution in [3.05, 3.63) is 205 Å². The summed E-state index contributed by atoms with van der Waals surface area (Å²) in [4.78, 5) is 0. The van der Waals surface area contributed by atoms with Gasteiger partial charge in [-0.15, -0.1) is 0 Å². The van der Waals surface area contributed by atoms with Crippen LogP contribution in [0.1, 0.15) is 12.8 Å². The topological polar surface area (TPSA) is 9.86 Å². The lowest BCUT2D eigenvalue weighted by Gasteiger charge is -2.12. The van der Waals surface area contributed by atoms with E-state index in [0.29, 0.717) is 0 Å². The van der Waals surface area contributed by atoms with Gasteiger partial charge in [-0.1, -0.05) is 158 Å². The Morgan fingerprint density at radius 2 is 0.776 bits per heavy atom. The summed E-state index contributed by atoms with van der Waals surface area (Å²) in [6.07, 6.45) is 6.98. The third kappa shape index (κ3) is 5.12. The maximum absolute atomic E-state index is 2.43. The lowest BCUT2D eigenvalue weighted by Crippen LogP contribution is -2.28. The fourth-order valence-electron chi connectivity index (χ4n) is 9.62. The summed E-state index contributed by atoms with van der Waals surface area (Å²) < 4.78 is 4.85. The molecule has 0 fully saturated rings. The van der Waals surface area contributed by atoms with Gasteiger partial charge in [0.05, 0.1) is 22.1 Å². The molecule has 11 aromatic rings. The SMILES string of the molecule is C1=c2cccc(-c3ccc4c5ccccc5n(-c5ccc(-c6ccc(-n7c8ccccc8c8ccc(-c9cccc%10ccccc9%10)cc87)cc6)cc5)c4c3)c2=CCC1. The maximum atomic E-state index is 2.43. The molecule has 0 saturated heterocycles. The monoisotopic (exact) mass is 738 g/mol. The predicted molar refractivity (Wildman–Crippen MR) is 246 cm³/mol. The van der Waals surface area contributed by atoms with E-state index in [9.17, 15) is 0 Å². The van der Waals surface area contributed by atoms with E-state index in [1.165, 1.54) is 98.2 Å². The van der Waals surface area contributed by atoms with E-state index in [-0.39, 0.29) is 0 Å². The van der Waals surface area contributed by atoms with Crippen LogP contribution in [0.3, 0.4) is 0 Å². The minimum absolute atomic E-state index is 1.09. The van der Waals surface area contributed by atoms with Gasteiger partial charge in [0.25, 0.3) is 0 Å². The van der Waals surface area contributed by atoms with Crippen molar-refractivity contribution in [2.24, 2.45) is 0 Å². The van der Waals surface area contributed by atoms with Crippen molar-refractivity contribution < 1.29 is 0 Å². The van der Waals surface area contributed by atoms with Crippen LogP contribution in [0.15, 0.2) is 194 Å². The van der Waals surface area contributed by atoms with Gasteiger partial charge in [0.1, 0.15) is 0 Å². The molecule has 0 bridgehead atoms. The van der Waals surface area contributed by atoms with E-state index >= 15 is 0 Å². The Bertz CT molecular complexity index is 3540. The molecule has 272 valence electrons. The third-order valence-electron chi connectivity index (χ3n) is 12.4. The van der Waals surface area contributed by atoms with E-state index in [0.717, 1.165) is 24.2 Å². The zero-order chi connectivity index (χ0) is 38.2. The van der Waals surface area contributed by atoms with E-state index in [1.54, 1.807) is 0 Å². The van der Waals surface area contributed by atoms with Crippen molar-refractivity contribution >= 4 is 66.5 Å². The molecule has 0 N–H and O–H groups in total. The van der Waals surface area contributed by atoms with Crippen molar-refractivity contribution in [3.8, 4) is 44.8 Å². The van der Waals surface area contributed by atoms with Gasteiger partial charge in [0.15, 0.2) is 0 Å². The number of fused-ring (bicyclic) bond motifs is 8. The van der Waals surface area contributed by atoms with Gasteiger partial charge in [0.2, 0.25) is 0 Å². The molecule has 0 radical (unpaired) electrons. The van der Waals surface area contributed by atoms with Gasteiger partial charge in [-0.2, -0.15) is 0 Å². The Labute approximate surface area is 336 Å². The second kappa shape index (κ2) is 13.1. The highest BCUT2D eigenvalue weighted by Gasteiger charge is 2.16. The van der Waals surface area contributed by atoms with Gasteiger partial charge in [-0.05, 0) is 116 Å². The lowest BCUT2D eigenvalue weighted by molar-refractivity contribution is 1.12. The molecule has 9 aromatic carbocycles. The minimum Gasteiger partial charge on any atom is -0.309 e. The Hall–Kier alpha value is -7.42. The molecule has 0 atom stereocenters. The first-order valence-corrected chi connectivity index (χ1v) is 20.3. The van der Waals surface area contributed by atoms with Crippen LogP contribution >= 0.6 is 0 Å². The van der Waals surface area contributed by atoms with Crippen LogP contribution in [0, 0.1) is 0 Å². The highest BCUT2D eigenvalue weighted by atomic mass is 15.0. The van der Waals surface area contributed by atoms with E-state index in [2.05, 4.69) is 215 Å². The van der Waals surface area contributed by atoms with E-state index in [1.807, 2.05) is 0 Å². The molecule has 0 saturated carbocycles. The van der Waals surface area contributed by atoms with Gasteiger partial charge in [-0.3, -0.25) is 0 Å². The molecule has 2 nitrogen and oxygen atoms in total. The second-order valence-electron chi connectivity index (χ2n) is 15.6. The van der Waals surface area contributed by atoms with Crippen LogP contribution < -0.4 is 10.4 Å². The van der Waals surface area contributed by atoms with Crippen LogP contribution in [0.5, 0.6) is 0 Å². The molecular formula is C56H38N2. The second-order valence-corrected chi connectivity index (χ2v) is 15.6. The molecule has 12 rings (SSSR count). The molecule has 1 aliphatic rings. The van der Waals surface area contributed by atoms with Gasteiger partial charge >= 0.3 is 0 Å². The molecule has 2 heteroatoms. The standard InChI is InChI=1S/C56H38N2/c1-3-15-45-39(11-1)13-9-19-47(45)41-27-33-51-49-17-5-7-21-53(49)57(55(51)35-41)43-29-23-37(24-30-43)38-25-31-44(32-26-38)58-54-22-8-6-18-50(54)52-34-28-42(36-56(52)58)48-20-10-14-40-12-2-4-16-46(40)48/h1,3,5-36H,2,4H2. The average molecular weight is 739 g/mol. The average Bonchev–Trinajstić information content (AvgIpc) is 3.81. The quantitative estimate of drug-likeness (QED) is 0.166. The number of hydrogen-bond acceptors (Lipinski definition) is 0. The smallest absolute Gasteiger partial charge is 0.0547 e. The van der Waals surface area contributed by atoms with Gasteiger partial charge in [0, 0.05) is 32.9 Å². The fourth-order valence-corrected chi connectivity index (χ4v) is 9.62.